The molecule has 5 nitrogen and oxygen atoms in total. The number of hydrogen-bond acceptors (Lipinski definition) is 4. The fourth-order valence-electron chi connectivity index (χ4n) is 1.79. The van der Waals surface area contributed by atoms with Crippen LogP contribution in [0.15, 0.2) is 18.2 Å². The zero-order chi connectivity index (χ0) is 14.6. The zero-order valence-electron chi connectivity index (χ0n) is 11.4. The predicted octanol–water partition coefficient (Wildman–Crippen LogP) is 0.965. The summed E-state index contributed by atoms with van der Waals surface area (Å²) in [7, 11) is 3.71. The molecule has 1 amide bonds. The molecule has 0 saturated carbocycles. The maximum atomic E-state index is 11.9. The van der Waals surface area contributed by atoms with Crippen LogP contribution in [0, 0.1) is 0 Å². The molecule has 0 saturated heterocycles. The molecule has 19 heavy (non-hydrogen) atoms. The summed E-state index contributed by atoms with van der Waals surface area (Å²) in [5.41, 5.74) is 5.42. The van der Waals surface area contributed by atoms with Crippen molar-refractivity contribution in [1.29, 1.82) is 0 Å². The highest BCUT2D eigenvalue weighted by molar-refractivity contribution is 6.33. The Morgan fingerprint density at radius 1 is 1.53 bits per heavy atom. The van der Waals surface area contributed by atoms with Crippen LogP contribution in [0.25, 0.3) is 0 Å². The number of nitrogens with one attached hydrogen (secondary N) is 1. The molecular formula is C13H20ClN3O2. The summed E-state index contributed by atoms with van der Waals surface area (Å²) >= 11 is 5.79. The van der Waals surface area contributed by atoms with Gasteiger partial charge >= 0.3 is 0 Å². The molecule has 0 bridgehead atoms. The third-order valence-corrected chi connectivity index (χ3v) is 2.89. The molecule has 0 radical (unpaired) electrons. The summed E-state index contributed by atoms with van der Waals surface area (Å²) < 4.78 is 0. The van der Waals surface area contributed by atoms with E-state index in [0.717, 1.165) is 0 Å². The van der Waals surface area contributed by atoms with Gasteiger partial charge in [-0.2, -0.15) is 0 Å². The maximum absolute atomic E-state index is 11.9. The van der Waals surface area contributed by atoms with Gasteiger partial charge in [0, 0.05) is 18.7 Å². The Bertz CT molecular complexity index is 461. The molecular weight excluding hydrogens is 266 g/mol. The Kier molecular flexibility index (Phi) is 5.17. The van der Waals surface area contributed by atoms with E-state index < -0.39 is 5.60 Å². The highest BCUT2D eigenvalue weighted by Crippen LogP contribution is 2.19. The van der Waals surface area contributed by atoms with Crippen LogP contribution in [0.2, 0.25) is 5.02 Å². The molecule has 4 N–H and O–H groups in total. The normalized spacial score (nSPS) is 14.2. The van der Waals surface area contributed by atoms with Crippen molar-refractivity contribution < 1.29 is 9.90 Å². The standard InChI is InChI=1S/C13H20ClN3O2/c1-13(19,8-17(2)3)7-16-12(18)9-4-5-10(14)11(15)6-9/h4-6,19H,7-8,15H2,1-3H3,(H,16,18). The zero-order valence-corrected chi connectivity index (χ0v) is 12.2. The van der Waals surface area contributed by atoms with E-state index in [1.54, 1.807) is 19.1 Å². The van der Waals surface area contributed by atoms with E-state index >= 15 is 0 Å². The molecule has 0 aliphatic carbocycles. The number of nitrogens with two attached hydrogens (primary N) is 1. The molecule has 0 aromatic heterocycles. The molecule has 0 aliphatic rings. The number of nitrogens with zero attached hydrogens (tertiary/aromatic N) is 1. The van der Waals surface area contributed by atoms with Gasteiger partial charge in [-0.1, -0.05) is 11.6 Å². The lowest BCUT2D eigenvalue weighted by molar-refractivity contribution is 0.0326. The highest BCUT2D eigenvalue weighted by atomic mass is 35.5. The lowest BCUT2D eigenvalue weighted by Crippen LogP contribution is -2.47. The van der Waals surface area contributed by atoms with Gasteiger partial charge in [-0.25, -0.2) is 0 Å². The van der Waals surface area contributed by atoms with Crippen molar-refractivity contribution in [1.82, 2.24) is 10.2 Å². The van der Waals surface area contributed by atoms with Crippen LogP contribution in [0.3, 0.4) is 0 Å². The van der Waals surface area contributed by atoms with Crippen LogP contribution in [0.5, 0.6) is 0 Å². The van der Waals surface area contributed by atoms with E-state index in [1.165, 1.54) is 6.07 Å². The highest BCUT2D eigenvalue weighted by Gasteiger charge is 2.22. The Balaban J connectivity index is 2.62. The first kappa shape index (κ1) is 15.8. The molecule has 6 heteroatoms. The van der Waals surface area contributed by atoms with Crippen LogP contribution in [-0.2, 0) is 0 Å². The van der Waals surface area contributed by atoms with E-state index in [2.05, 4.69) is 5.32 Å². The Morgan fingerprint density at radius 3 is 2.68 bits per heavy atom. The van der Waals surface area contributed by atoms with Gasteiger partial charge in [0.2, 0.25) is 0 Å². The average molecular weight is 286 g/mol. The number of aliphatic hydroxyl groups is 1. The van der Waals surface area contributed by atoms with Gasteiger partial charge in [0.1, 0.15) is 0 Å². The van der Waals surface area contributed by atoms with Crippen LogP contribution in [-0.4, -0.2) is 48.7 Å². The molecule has 1 rings (SSSR count). The Labute approximate surface area is 118 Å². The van der Waals surface area contributed by atoms with Crippen molar-refractivity contribution in [2.24, 2.45) is 0 Å². The molecule has 0 fully saturated rings. The number of rotatable bonds is 5. The number of anilines is 1. The monoisotopic (exact) mass is 285 g/mol. The number of amides is 1. The van der Waals surface area contributed by atoms with Crippen LogP contribution in [0.4, 0.5) is 5.69 Å². The first-order chi connectivity index (χ1) is 8.71. The fraction of sp³-hybridized carbons (Fsp3) is 0.462. The molecule has 1 unspecified atom stereocenters. The summed E-state index contributed by atoms with van der Waals surface area (Å²) in [5, 5.41) is 13.2. The number of carbonyl (C=O) groups is 1. The number of carbonyl (C=O) groups excluding carboxylic acids is 1. The first-order valence-electron chi connectivity index (χ1n) is 5.91. The van der Waals surface area contributed by atoms with Gasteiger partial charge in [0.25, 0.3) is 5.91 Å². The second kappa shape index (κ2) is 6.23. The lowest BCUT2D eigenvalue weighted by Gasteiger charge is -2.27. The first-order valence-corrected chi connectivity index (χ1v) is 6.29. The predicted molar refractivity (Wildman–Crippen MR) is 77.4 cm³/mol. The minimum Gasteiger partial charge on any atom is -0.398 e. The van der Waals surface area contributed by atoms with Gasteiger partial charge in [-0.3, -0.25) is 4.79 Å². The second-order valence-electron chi connectivity index (χ2n) is 5.15. The van der Waals surface area contributed by atoms with Crippen molar-refractivity contribution in [2.75, 3.05) is 32.9 Å². The molecule has 0 spiro atoms. The molecule has 1 aromatic carbocycles. The lowest BCUT2D eigenvalue weighted by atomic mass is 10.1. The third-order valence-electron chi connectivity index (χ3n) is 2.54. The summed E-state index contributed by atoms with van der Waals surface area (Å²) in [6.07, 6.45) is 0. The Hall–Kier alpha value is -1.30. The van der Waals surface area contributed by atoms with E-state index in [4.69, 9.17) is 17.3 Å². The van der Waals surface area contributed by atoms with Gasteiger partial charge in [-0.05, 0) is 39.2 Å². The van der Waals surface area contributed by atoms with E-state index in [-0.39, 0.29) is 12.5 Å². The van der Waals surface area contributed by atoms with Crippen LogP contribution >= 0.6 is 11.6 Å². The largest absolute Gasteiger partial charge is 0.398 e. The summed E-state index contributed by atoms with van der Waals surface area (Å²) in [4.78, 5) is 13.8. The van der Waals surface area contributed by atoms with Gasteiger partial charge in [0.15, 0.2) is 0 Å². The smallest absolute Gasteiger partial charge is 0.251 e. The number of nitrogen functional groups attached to an aromatic ring is 1. The minimum absolute atomic E-state index is 0.159. The van der Waals surface area contributed by atoms with Gasteiger partial charge in [-0.15, -0.1) is 0 Å². The number of benzene rings is 1. The van der Waals surface area contributed by atoms with Crippen molar-refractivity contribution >= 4 is 23.2 Å². The van der Waals surface area contributed by atoms with Crippen molar-refractivity contribution in [2.45, 2.75) is 12.5 Å². The quantitative estimate of drug-likeness (QED) is 0.704. The number of hydrogen-bond donors (Lipinski definition) is 3. The maximum Gasteiger partial charge on any atom is 0.251 e. The topological polar surface area (TPSA) is 78.6 Å². The second-order valence-corrected chi connectivity index (χ2v) is 5.56. The van der Waals surface area contributed by atoms with Crippen LogP contribution in [0.1, 0.15) is 17.3 Å². The summed E-state index contributed by atoms with van der Waals surface area (Å²) in [6, 6.07) is 4.68. The third kappa shape index (κ3) is 5.06. The SMILES string of the molecule is CN(C)CC(C)(O)CNC(=O)c1ccc(Cl)c(N)c1. The van der Waals surface area contributed by atoms with Crippen molar-refractivity contribution in [3.05, 3.63) is 28.8 Å². The van der Waals surface area contributed by atoms with E-state index in [1.807, 2.05) is 19.0 Å². The molecule has 1 aromatic rings. The van der Waals surface area contributed by atoms with Gasteiger partial charge < -0.3 is 21.1 Å². The molecule has 0 aliphatic heterocycles. The number of halogens is 1. The minimum atomic E-state index is -0.989. The van der Waals surface area contributed by atoms with E-state index in [9.17, 15) is 9.90 Å². The Morgan fingerprint density at radius 2 is 2.16 bits per heavy atom. The fourth-order valence-corrected chi connectivity index (χ4v) is 1.91. The van der Waals surface area contributed by atoms with Crippen LogP contribution < -0.4 is 11.1 Å². The van der Waals surface area contributed by atoms with Crippen molar-refractivity contribution in [3.8, 4) is 0 Å². The van der Waals surface area contributed by atoms with Gasteiger partial charge in [0.05, 0.1) is 16.3 Å². The summed E-state index contributed by atoms with van der Waals surface area (Å²) in [5.74, 6) is -0.289. The van der Waals surface area contributed by atoms with E-state index in [0.29, 0.717) is 22.8 Å². The summed E-state index contributed by atoms with van der Waals surface area (Å²) in [6.45, 7) is 2.28. The number of likely N-dealkylation sites (N-methyl/N-ethyl adjacent to an activating group) is 1. The molecule has 106 valence electrons. The average Bonchev–Trinajstić information content (AvgIpc) is 2.28. The molecule has 1 atom stereocenters. The van der Waals surface area contributed by atoms with Crippen molar-refractivity contribution in [3.63, 3.8) is 0 Å². The molecule has 0 heterocycles.